The van der Waals surface area contributed by atoms with E-state index in [1.165, 1.54) is 30.4 Å². The quantitative estimate of drug-likeness (QED) is 0.516. The van der Waals surface area contributed by atoms with Gasteiger partial charge in [0.2, 0.25) is 5.91 Å². The van der Waals surface area contributed by atoms with Crippen molar-refractivity contribution in [1.29, 1.82) is 0 Å². The van der Waals surface area contributed by atoms with Gasteiger partial charge in [-0.15, -0.1) is 0 Å². The number of rotatable bonds is 8. The average molecular weight is 465 g/mol. The number of aromatic nitrogens is 4. The van der Waals surface area contributed by atoms with Gasteiger partial charge >= 0.3 is 0 Å². The molecule has 0 radical (unpaired) electrons. The molecule has 1 aliphatic heterocycles. The first-order chi connectivity index (χ1) is 16.5. The predicted molar refractivity (Wildman–Crippen MR) is 134 cm³/mol. The van der Waals surface area contributed by atoms with Crippen molar-refractivity contribution >= 4 is 16.8 Å². The van der Waals surface area contributed by atoms with E-state index in [1.54, 1.807) is 4.68 Å². The summed E-state index contributed by atoms with van der Waals surface area (Å²) in [6.45, 7) is 9.55. The number of likely N-dealkylation sites (tertiary alicyclic amines) is 1. The van der Waals surface area contributed by atoms with Crippen LogP contribution in [0.1, 0.15) is 62.9 Å². The zero-order valence-corrected chi connectivity index (χ0v) is 20.6. The van der Waals surface area contributed by atoms with Crippen LogP contribution in [0, 0.1) is 13.8 Å². The lowest BCUT2D eigenvalue weighted by atomic mass is 10.2. The summed E-state index contributed by atoms with van der Waals surface area (Å²) >= 11 is 0. The number of carbonyl (C=O) groups excluding carboxylic acids is 1. The largest absolute Gasteiger partial charge is 0.354 e. The molecule has 1 N–H and O–H groups in total. The number of hydrogen-bond acceptors (Lipinski definition) is 5. The van der Waals surface area contributed by atoms with Crippen LogP contribution < -0.4 is 10.9 Å². The topological polar surface area (TPSA) is 85.1 Å². The first-order valence-electron chi connectivity index (χ1n) is 12.6. The third-order valence-electron chi connectivity index (χ3n) is 6.77. The molecule has 8 nitrogen and oxygen atoms in total. The van der Waals surface area contributed by atoms with Gasteiger partial charge in [-0.3, -0.25) is 9.59 Å². The minimum absolute atomic E-state index is 0.153. The van der Waals surface area contributed by atoms with E-state index in [2.05, 4.69) is 20.4 Å². The van der Waals surface area contributed by atoms with Crippen LogP contribution in [-0.4, -0.2) is 56.5 Å². The summed E-state index contributed by atoms with van der Waals surface area (Å²) in [5, 5.41) is 12.7. The van der Waals surface area contributed by atoms with Gasteiger partial charge in [0.05, 0.1) is 22.5 Å². The molecule has 3 aromatic rings. The van der Waals surface area contributed by atoms with E-state index in [0.717, 1.165) is 37.4 Å². The Balaban J connectivity index is 1.51. The molecule has 0 bridgehead atoms. The highest BCUT2D eigenvalue weighted by Crippen LogP contribution is 2.21. The van der Waals surface area contributed by atoms with Crippen LogP contribution in [0.2, 0.25) is 0 Å². The maximum atomic E-state index is 13.5. The Morgan fingerprint density at radius 1 is 1.06 bits per heavy atom. The normalized spacial score (nSPS) is 15.9. The highest BCUT2D eigenvalue weighted by atomic mass is 16.2. The van der Waals surface area contributed by atoms with Gasteiger partial charge in [0.1, 0.15) is 11.6 Å². The second kappa shape index (κ2) is 11.0. The lowest BCUT2D eigenvalue weighted by Crippen LogP contribution is -2.39. The van der Waals surface area contributed by atoms with Crippen molar-refractivity contribution in [3.05, 3.63) is 52.1 Å². The molecule has 0 aliphatic carbocycles. The zero-order valence-electron chi connectivity index (χ0n) is 20.6. The second-order valence-corrected chi connectivity index (χ2v) is 9.22. The molecule has 34 heavy (non-hydrogen) atoms. The van der Waals surface area contributed by atoms with Crippen LogP contribution in [0.5, 0.6) is 0 Å². The van der Waals surface area contributed by atoms with Crippen LogP contribution in [0.3, 0.4) is 0 Å². The average Bonchev–Trinajstić information content (AvgIpc) is 3.01. The molecule has 2 aromatic heterocycles. The molecule has 1 unspecified atom stereocenters. The first kappa shape index (κ1) is 24.1. The number of nitrogens with one attached hydrogen (secondary N) is 1. The van der Waals surface area contributed by atoms with E-state index in [1.807, 2.05) is 51.1 Å². The Morgan fingerprint density at radius 2 is 1.76 bits per heavy atom. The summed E-state index contributed by atoms with van der Waals surface area (Å²) in [5.41, 5.74) is 2.58. The maximum absolute atomic E-state index is 13.5. The van der Waals surface area contributed by atoms with Crippen molar-refractivity contribution < 1.29 is 4.79 Å². The number of nitrogens with zero attached hydrogens (tertiary/aromatic N) is 5. The standard InChI is InChI=1S/C26H36N6O2/c1-4-22(25(33)27-15-12-18-30-16-10-5-6-11-17-30)32-26(34)23-20(3)31(21-13-8-7-9-14-21)29-24(23)19(2)28-32/h7-9,13-14,22H,4-6,10-12,15-18H2,1-3H3,(H,27,33). The Kier molecular flexibility index (Phi) is 7.77. The van der Waals surface area contributed by atoms with Gasteiger partial charge in [-0.25, -0.2) is 9.36 Å². The van der Waals surface area contributed by atoms with E-state index in [9.17, 15) is 9.59 Å². The third-order valence-corrected chi connectivity index (χ3v) is 6.77. The molecule has 4 rings (SSSR count). The first-order valence-corrected chi connectivity index (χ1v) is 12.6. The zero-order chi connectivity index (χ0) is 24.1. The Hall–Kier alpha value is -3.00. The molecule has 1 atom stereocenters. The highest BCUT2D eigenvalue weighted by molar-refractivity contribution is 5.84. The fourth-order valence-electron chi connectivity index (χ4n) is 4.87. The predicted octanol–water partition coefficient (Wildman–Crippen LogP) is 3.53. The van der Waals surface area contributed by atoms with Crippen molar-refractivity contribution in [3.8, 4) is 5.69 Å². The number of para-hydroxylation sites is 1. The van der Waals surface area contributed by atoms with E-state index < -0.39 is 6.04 Å². The van der Waals surface area contributed by atoms with E-state index in [4.69, 9.17) is 0 Å². The number of hydrogen-bond donors (Lipinski definition) is 1. The van der Waals surface area contributed by atoms with Gasteiger partial charge in [0.25, 0.3) is 5.56 Å². The van der Waals surface area contributed by atoms with Gasteiger partial charge in [-0.1, -0.05) is 38.0 Å². The molecule has 8 heteroatoms. The fraction of sp³-hybridized carbons (Fsp3) is 0.538. The van der Waals surface area contributed by atoms with Crippen molar-refractivity contribution in [2.45, 2.75) is 65.3 Å². The lowest BCUT2D eigenvalue weighted by Gasteiger charge is -2.20. The highest BCUT2D eigenvalue weighted by Gasteiger charge is 2.25. The van der Waals surface area contributed by atoms with Crippen molar-refractivity contribution in [1.82, 2.24) is 29.8 Å². The van der Waals surface area contributed by atoms with Gasteiger partial charge in [0, 0.05) is 6.54 Å². The van der Waals surface area contributed by atoms with Crippen molar-refractivity contribution in [2.75, 3.05) is 26.2 Å². The van der Waals surface area contributed by atoms with E-state index in [-0.39, 0.29) is 11.5 Å². The summed E-state index contributed by atoms with van der Waals surface area (Å²) < 4.78 is 3.13. The Bertz CT molecular complexity index is 1180. The maximum Gasteiger partial charge on any atom is 0.278 e. The second-order valence-electron chi connectivity index (χ2n) is 9.22. The third kappa shape index (κ3) is 5.06. The summed E-state index contributed by atoms with van der Waals surface area (Å²) in [4.78, 5) is 29.0. The number of amides is 1. The molecular weight excluding hydrogens is 428 g/mol. The number of fused-ring (bicyclic) bond motifs is 1. The minimum Gasteiger partial charge on any atom is -0.354 e. The Labute approximate surface area is 200 Å². The molecule has 3 heterocycles. The van der Waals surface area contributed by atoms with Gasteiger partial charge < -0.3 is 10.2 Å². The van der Waals surface area contributed by atoms with Crippen molar-refractivity contribution in [2.24, 2.45) is 0 Å². The van der Waals surface area contributed by atoms with Crippen LogP contribution in [-0.2, 0) is 4.79 Å². The number of aryl methyl sites for hydroxylation is 2. The van der Waals surface area contributed by atoms with Gasteiger partial charge in [-0.05, 0) is 71.3 Å². The fourth-order valence-corrected chi connectivity index (χ4v) is 4.87. The van der Waals surface area contributed by atoms with E-state index in [0.29, 0.717) is 29.6 Å². The molecular formula is C26H36N6O2. The van der Waals surface area contributed by atoms with Crippen LogP contribution >= 0.6 is 0 Å². The van der Waals surface area contributed by atoms with E-state index >= 15 is 0 Å². The van der Waals surface area contributed by atoms with Crippen LogP contribution in [0.4, 0.5) is 0 Å². The lowest BCUT2D eigenvalue weighted by molar-refractivity contribution is -0.124. The molecule has 1 aliphatic rings. The Morgan fingerprint density at radius 3 is 2.44 bits per heavy atom. The molecule has 182 valence electrons. The molecule has 1 saturated heterocycles. The monoisotopic (exact) mass is 464 g/mol. The molecule has 0 spiro atoms. The molecule has 1 fully saturated rings. The molecule has 0 saturated carbocycles. The van der Waals surface area contributed by atoms with Gasteiger partial charge in [0.15, 0.2) is 0 Å². The molecule has 1 aromatic carbocycles. The smallest absolute Gasteiger partial charge is 0.278 e. The summed E-state index contributed by atoms with van der Waals surface area (Å²) in [7, 11) is 0. The summed E-state index contributed by atoms with van der Waals surface area (Å²) in [5.74, 6) is -0.153. The molecule has 1 amide bonds. The number of benzene rings is 1. The minimum atomic E-state index is -0.645. The summed E-state index contributed by atoms with van der Waals surface area (Å²) in [6.07, 6.45) is 6.57. The van der Waals surface area contributed by atoms with Gasteiger partial charge in [-0.2, -0.15) is 10.2 Å². The summed E-state index contributed by atoms with van der Waals surface area (Å²) in [6, 6.07) is 9.08. The van der Waals surface area contributed by atoms with Crippen LogP contribution in [0.25, 0.3) is 16.6 Å². The number of carbonyl (C=O) groups is 1. The van der Waals surface area contributed by atoms with Crippen molar-refractivity contribution in [3.63, 3.8) is 0 Å². The van der Waals surface area contributed by atoms with Crippen LogP contribution in [0.15, 0.2) is 35.1 Å². The SMILES string of the molecule is CCC(C(=O)NCCCN1CCCCCC1)n1nc(C)c2nn(-c3ccccc3)c(C)c2c1=O.